The maximum atomic E-state index is 13.1. The minimum atomic E-state index is -3.60. The molecule has 0 unspecified atom stereocenters. The molecule has 3 rings (SSSR count). The highest BCUT2D eigenvalue weighted by Crippen LogP contribution is 2.36. The number of ether oxygens (including phenoxy) is 1. The van der Waals surface area contributed by atoms with Gasteiger partial charge in [0.25, 0.3) is 0 Å². The van der Waals surface area contributed by atoms with Gasteiger partial charge in [0.15, 0.2) is 0 Å². The Morgan fingerprint density at radius 3 is 2.64 bits per heavy atom. The van der Waals surface area contributed by atoms with Gasteiger partial charge in [-0.05, 0) is 25.0 Å². The molecular weight excluding hydrogens is 340 g/mol. The molecule has 6 nitrogen and oxygen atoms in total. The van der Waals surface area contributed by atoms with Crippen molar-refractivity contribution in [3.8, 4) is 5.75 Å². The molecule has 2 atom stereocenters. The number of benzene rings is 1. The van der Waals surface area contributed by atoms with E-state index in [1.54, 1.807) is 28.6 Å². The molecule has 0 aromatic heterocycles. The molecular formula is C18H26N2O4S. The third kappa shape index (κ3) is 3.40. The van der Waals surface area contributed by atoms with Crippen molar-refractivity contribution in [2.24, 2.45) is 0 Å². The normalized spacial score (nSPS) is 25.9. The Kier molecular flexibility index (Phi) is 5.34. The molecule has 0 bridgehead atoms. The van der Waals surface area contributed by atoms with E-state index < -0.39 is 10.0 Å². The number of carbonyl (C=O) groups is 1. The van der Waals surface area contributed by atoms with E-state index in [9.17, 15) is 13.2 Å². The van der Waals surface area contributed by atoms with Crippen molar-refractivity contribution in [1.29, 1.82) is 0 Å². The molecule has 138 valence electrons. The van der Waals surface area contributed by atoms with Crippen molar-refractivity contribution in [2.45, 2.75) is 56.6 Å². The highest BCUT2D eigenvalue weighted by Gasteiger charge is 2.42. The maximum absolute atomic E-state index is 13.1. The van der Waals surface area contributed by atoms with E-state index in [4.69, 9.17) is 4.74 Å². The topological polar surface area (TPSA) is 66.9 Å². The van der Waals surface area contributed by atoms with Crippen molar-refractivity contribution in [3.63, 3.8) is 0 Å². The summed E-state index contributed by atoms with van der Waals surface area (Å²) in [5.41, 5.74) is 0. The molecule has 1 aromatic rings. The van der Waals surface area contributed by atoms with E-state index in [0.717, 1.165) is 6.42 Å². The third-order valence-electron chi connectivity index (χ3n) is 5.02. The first-order valence-electron chi connectivity index (χ1n) is 9.04. The van der Waals surface area contributed by atoms with Gasteiger partial charge in [-0.15, -0.1) is 0 Å². The molecule has 1 saturated heterocycles. The van der Waals surface area contributed by atoms with E-state index in [1.165, 1.54) is 0 Å². The van der Waals surface area contributed by atoms with Crippen molar-refractivity contribution < 1.29 is 17.9 Å². The highest BCUT2D eigenvalue weighted by atomic mass is 32.2. The van der Waals surface area contributed by atoms with E-state index in [1.807, 2.05) is 18.7 Å². The summed E-state index contributed by atoms with van der Waals surface area (Å²) in [6, 6.07) is 6.59. The first-order valence-corrected chi connectivity index (χ1v) is 10.5. The first-order chi connectivity index (χ1) is 12.0. The standard InChI is InChI=1S/C18H26N2O4S/c1-3-7-18(21)19-12-10-14-15(11-13-19)24-16-8-5-6-9-17(16)25(22,23)20(14)4-2/h5-6,8-9,14-15H,3-4,7,10-13H2,1-2H3/t14-,15-/m0/s1. The lowest BCUT2D eigenvalue weighted by atomic mass is 10.1. The van der Waals surface area contributed by atoms with Crippen LogP contribution in [0.3, 0.4) is 0 Å². The molecule has 0 radical (unpaired) electrons. The van der Waals surface area contributed by atoms with Gasteiger partial charge < -0.3 is 9.64 Å². The fourth-order valence-corrected chi connectivity index (χ4v) is 5.59. The molecule has 0 N–H and O–H groups in total. The van der Waals surface area contributed by atoms with Gasteiger partial charge in [-0.2, -0.15) is 4.31 Å². The molecule has 1 amide bonds. The zero-order valence-corrected chi connectivity index (χ0v) is 15.7. The van der Waals surface area contributed by atoms with E-state index in [2.05, 4.69) is 0 Å². The van der Waals surface area contributed by atoms with Crippen molar-refractivity contribution in [2.75, 3.05) is 19.6 Å². The number of para-hydroxylation sites is 1. The predicted molar refractivity (Wildman–Crippen MR) is 94.9 cm³/mol. The quantitative estimate of drug-likeness (QED) is 0.823. The number of sulfonamides is 1. The maximum Gasteiger partial charge on any atom is 0.247 e. The van der Waals surface area contributed by atoms with Crippen LogP contribution in [-0.2, 0) is 14.8 Å². The first kappa shape index (κ1) is 18.2. The SMILES string of the molecule is CCCC(=O)N1CC[C@@H]2Oc3ccccc3S(=O)(=O)N(CC)[C@H]2CC1. The van der Waals surface area contributed by atoms with E-state index in [0.29, 0.717) is 44.6 Å². The second-order valence-corrected chi connectivity index (χ2v) is 8.45. The molecule has 2 heterocycles. The molecule has 2 aliphatic rings. The van der Waals surface area contributed by atoms with Crippen LogP contribution in [0.1, 0.15) is 39.5 Å². The second-order valence-electron chi connectivity index (χ2n) is 6.59. The number of rotatable bonds is 3. The number of likely N-dealkylation sites (tertiary alicyclic amines) is 1. The summed E-state index contributed by atoms with van der Waals surface area (Å²) in [6.45, 7) is 5.42. The molecule has 1 fully saturated rings. The van der Waals surface area contributed by atoms with Crippen LogP contribution < -0.4 is 4.74 Å². The Balaban J connectivity index is 1.94. The summed E-state index contributed by atoms with van der Waals surface area (Å²) in [5.74, 6) is 0.562. The molecule has 7 heteroatoms. The Morgan fingerprint density at radius 2 is 1.92 bits per heavy atom. The lowest BCUT2D eigenvalue weighted by Gasteiger charge is -2.30. The lowest BCUT2D eigenvalue weighted by Crippen LogP contribution is -2.47. The van der Waals surface area contributed by atoms with Crippen LogP contribution >= 0.6 is 0 Å². The second kappa shape index (κ2) is 7.33. The zero-order chi connectivity index (χ0) is 18.0. The Bertz CT molecular complexity index is 734. The Labute approximate surface area is 149 Å². The molecule has 2 aliphatic heterocycles. The third-order valence-corrected chi connectivity index (χ3v) is 7.06. The summed E-state index contributed by atoms with van der Waals surface area (Å²) < 4.78 is 33.9. The Morgan fingerprint density at radius 1 is 1.20 bits per heavy atom. The number of likely N-dealkylation sites (N-methyl/N-ethyl adjacent to an activating group) is 1. The van der Waals surface area contributed by atoms with Gasteiger partial charge in [-0.25, -0.2) is 8.42 Å². The summed E-state index contributed by atoms with van der Waals surface area (Å²) >= 11 is 0. The van der Waals surface area contributed by atoms with Crippen LogP contribution in [0.2, 0.25) is 0 Å². The number of hydrogen-bond donors (Lipinski definition) is 0. The monoisotopic (exact) mass is 366 g/mol. The Hall–Kier alpha value is -1.60. The average Bonchev–Trinajstić information content (AvgIpc) is 2.83. The lowest BCUT2D eigenvalue weighted by molar-refractivity contribution is -0.131. The average molecular weight is 366 g/mol. The van der Waals surface area contributed by atoms with Crippen molar-refractivity contribution in [3.05, 3.63) is 24.3 Å². The van der Waals surface area contributed by atoms with Gasteiger partial charge in [0.05, 0.1) is 6.04 Å². The summed E-state index contributed by atoms with van der Waals surface area (Å²) in [5, 5.41) is 0. The van der Waals surface area contributed by atoms with E-state index in [-0.39, 0.29) is 22.9 Å². The highest BCUT2D eigenvalue weighted by molar-refractivity contribution is 7.89. The molecule has 1 aromatic carbocycles. The predicted octanol–water partition coefficient (Wildman–Crippen LogP) is 2.25. The largest absolute Gasteiger partial charge is 0.487 e. The smallest absolute Gasteiger partial charge is 0.247 e. The molecule has 0 saturated carbocycles. The fourth-order valence-electron chi connectivity index (χ4n) is 3.78. The van der Waals surface area contributed by atoms with Gasteiger partial charge in [-0.3, -0.25) is 4.79 Å². The van der Waals surface area contributed by atoms with Gasteiger partial charge in [0.1, 0.15) is 16.7 Å². The number of carbonyl (C=O) groups excluding carboxylic acids is 1. The molecule has 25 heavy (non-hydrogen) atoms. The number of fused-ring (bicyclic) bond motifs is 2. The summed E-state index contributed by atoms with van der Waals surface area (Å²) in [4.78, 5) is 14.3. The van der Waals surface area contributed by atoms with Crippen LogP contribution in [0.4, 0.5) is 0 Å². The van der Waals surface area contributed by atoms with Gasteiger partial charge in [0, 0.05) is 32.5 Å². The minimum Gasteiger partial charge on any atom is -0.487 e. The van der Waals surface area contributed by atoms with Gasteiger partial charge >= 0.3 is 0 Å². The minimum absolute atomic E-state index is 0.144. The summed E-state index contributed by atoms with van der Waals surface area (Å²) in [7, 11) is -3.60. The van der Waals surface area contributed by atoms with Crippen LogP contribution in [0.15, 0.2) is 29.2 Å². The van der Waals surface area contributed by atoms with Crippen LogP contribution in [0.25, 0.3) is 0 Å². The van der Waals surface area contributed by atoms with Crippen molar-refractivity contribution >= 4 is 15.9 Å². The van der Waals surface area contributed by atoms with Crippen molar-refractivity contribution in [1.82, 2.24) is 9.21 Å². The number of amides is 1. The molecule has 0 aliphatic carbocycles. The molecule has 0 spiro atoms. The summed E-state index contributed by atoms with van der Waals surface area (Å²) in [6.07, 6.45) is 2.36. The van der Waals surface area contributed by atoms with Gasteiger partial charge in [0.2, 0.25) is 15.9 Å². The van der Waals surface area contributed by atoms with Crippen LogP contribution in [0, 0.1) is 0 Å². The van der Waals surface area contributed by atoms with Crippen LogP contribution in [-0.4, -0.2) is 55.3 Å². The zero-order valence-electron chi connectivity index (χ0n) is 14.8. The number of nitrogens with zero attached hydrogens (tertiary/aromatic N) is 2. The van der Waals surface area contributed by atoms with Crippen LogP contribution in [0.5, 0.6) is 5.75 Å². The number of hydrogen-bond acceptors (Lipinski definition) is 4. The van der Waals surface area contributed by atoms with E-state index >= 15 is 0 Å². The van der Waals surface area contributed by atoms with Gasteiger partial charge in [-0.1, -0.05) is 26.0 Å². The fraction of sp³-hybridized carbons (Fsp3) is 0.611.